The summed E-state index contributed by atoms with van der Waals surface area (Å²) in [5.74, 6) is -0.969. The predicted molar refractivity (Wildman–Crippen MR) is 113 cm³/mol. The number of carbonyl (C=O) groups is 1. The number of oxazole rings is 1. The first-order valence-corrected chi connectivity index (χ1v) is 9.50. The molecule has 2 aromatic carbocycles. The standard InChI is InChI=1S/C22H24N4O4/c1-25(2)13-19(27)21(28)24-17(12-23)10-14-4-6-15(7-5-14)16-8-9-20-18(11-16)26(3)22(29)30-20/h4-9,11,17,19,27H,10,13H2,1-3H3,(H,24,28)/t17-,19+/m0/s1. The zero-order valence-electron chi connectivity index (χ0n) is 17.1. The SMILES string of the molecule is CN(C)C[C@@H](O)C(=O)N[C@H](C#N)Cc1ccc(-c2ccc3oc(=O)n(C)c3c2)cc1. The summed E-state index contributed by atoms with van der Waals surface area (Å²) >= 11 is 0. The monoisotopic (exact) mass is 408 g/mol. The second-order valence-corrected chi connectivity index (χ2v) is 7.48. The van der Waals surface area contributed by atoms with E-state index in [2.05, 4.69) is 11.4 Å². The summed E-state index contributed by atoms with van der Waals surface area (Å²) in [4.78, 5) is 25.4. The van der Waals surface area contributed by atoms with Crippen LogP contribution >= 0.6 is 0 Å². The van der Waals surface area contributed by atoms with Gasteiger partial charge in [0.1, 0.15) is 12.1 Å². The summed E-state index contributed by atoms with van der Waals surface area (Å²) in [6.07, 6.45) is -0.862. The zero-order chi connectivity index (χ0) is 21.8. The summed E-state index contributed by atoms with van der Waals surface area (Å²) in [5, 5.41) is 21.8. The second-order valence-electron chi connectivity index (χ2n) is 7.48. The van der Waals surface area contributed by atoms with Crippen molar-refractivity contribution < 1.29 is 14.3 Å². The number of likely N-dealkylation sites (N-methyl/N-ethyl adjacent to an activating group) is 1. The number of hydrogen-bond acceptors (Lipinski definition) is 6. The van der Waals surface area contributed by atoms with Crippen molar-refractivity contribution in [2.75, 3.05) is 20.6 Å². The molecule has 0 saturated carbocycles. The minimum absolute atomic E-state index is 0.186. The first kappa shape index (κ1) is 21.3. The summed E-state index contributed by atoms with van der Waals surface area (Å²) in [6, 6.07) is 14.5. The number of aryl methyl sites for hydroxylation is 1. The molecule has 1 amide bonds. The number of rotatable bonds is 7. The van der Waals surface area contributed by atoms with E-state index in [0.717, 1.165) is 16.7 Å². The van der Waals surface area contributed by atoms with Crippen molar-refractivity contribution in [1.82, 2.24) is 14.8 Å². The van der Waals surface area contributed by atoms with Gasteiger partial charge in [-0.05, 0) is 42.9 Å². The summed E-state index contributed by atoms with van der Waals surface area (Å²) in [5.41, 5.74) is 4.01. The lowest BCUT2D eigenvalue weighted by molar-refractivity contribution is -0.130. The Morgan fingerprint density at radius 1 is 1.23 bits per heavy atom. The molecule has 8 nitrogen and oxygen atoms in total. The van der Waals surface area contributed by atoms with Gasteiger partial charge in [0, 0.05) is 20.0 Å². The molecule has 3 rings (SSSR count). The fourth-order valence-electron chi connectivity index (χ4n) is 3.20. The molecule has 0 radical (unpaired) electrons. The molecule has 156 valence electrons. The van der Waals surface area contributed by atoms with Gasteiger partial charge in [0.25, 0.3) is 5.91 Å². The minimum Gasteiger partial charge on any atom is -0.408 e. The molecule has 0 saturated heterocycles. The fourth-order valence-corrected chi connectivity index (χ4v) is 3.20. The molecule has 8 heteroatoms. The highest BCUT2D eigenvalue weighted by Gasteiger charge is 2.20. The maximum absolute atomic E-state index is 12.0. The van der Waals surface area contributed by atoms with Crippen LogP contribution < -0.4 is 11.1 Å². The number of carbonyl (C=O) groups excluding carboxylic acids is 1. The first-order chi connectivity index (χ1) is 14.3. The summed E-state index contributed by atoms with van der Waals surface area (Å²) in [7, 11) is 5.17. The molecule has 2 atom stereocenters. The van der Waals surface area contributed by atoms with Gasteiger partial charge < -0.3 is 19.7 Å². The molecule has 3 aromatic rings. The highest BCUT2D eigenvalue weighted by atomic mass is 16.4. The molecule has 0 unspecified atom stereocenters. The maximum atomic E-state index is 12.0. The van der Waals surface area contributed by atoms with E-state index in [0.29, 0.717) is 17.5 Å². The number of benzene rings is 2. The van der Waals surface area contributed by atoms with E-state index in [4.69, 9.17) is 4.42 Å². The zero-order valence-corrected chi connectivity index (χ0v) is 17.1. The number of aromatic nitrogens is 1. The minimum atomic E-state index is -1.19. The van der Waals surface area contributed by atoms with Gasteiger partial charge in [0.05, 0.1) is 11.6 Å². The third-order valence-corrected chi connectivity index (χ3v) is 4.83. The lowest BCUT2D eigenvalue weighted by atomic mass is 10.0. The highest BCUT2D eigenvalue weighted by Crippen LogP contribution is 2.24. The van der Waals surface area contributed by atoms with Crippen LogP contribution in [0, 0.1) is 11.3 Å². The van der Waals surface area contributed by atoms with Crippen LogP contribution in [0.3, 0.4) is 0 Å². The molecule has 0 spiro atoms. The van der Waals surface area contributed by atoms with Crippen LogP contribution in [0.5, 0.6) is 0 Å². The molecule has 0 aliphatic rings. The largest absolute Gasteiger partial charge is 0.419 e. The van der Waals surface area contributed by atoms with Crippen molar-refractivity contribution >= 4 is 17.0 Å². The summed E-state index contributed by atoms with van der Waals surface area (Å²) < 4.78 is 6.61. The normalized spacial score (nSPS) is 13.2. The molecule has 1 aromatic heterocycles. The summed E-state index contributed by atoms with van der Waals surface area (Å²) in [6.45, 7) is 0.186. The van der Waals surface area contributed by atoms with Gasteiger partial charge in [-0.3, -0.25) is 9.36 Å². The number of nitrogens with zero attached hydrogens (tertiary/aromatic N) is 3. The lowest BCUT2D eigenvalue weighted by Gasteiger charge is -2.18. The van der Waals surface area contributed by atoms with Crippen molar-refractivity contribution in [3.63, 3.8) is 0 Å². The predicted octanol–water partition coefficient (Wildman–Crippen LogP) is 1.27. The molecule has 0 aliphatic heterocycles. The molecule has 0 fully saturated rings. The van der Waals surface area contributed by atoms with Crippen LogP contribution in [0.1, 0.15) is 5.56 Å². The van der Waals surface area contributed by atoms with Gasteiger partial charge >= 0.3 is 5.76 Å². The Hall–Kier alpha value is -3.41. The van der Waals surface area contributed by atoms with E-state index in [1.54, 1.807) is 32.1 Å². The van der Waals surface area contributed by atoms with Gasteiger partial charge in [0.2, 0.25) is 0 Å². The Morgan fingerprint density at radius 3 is 2.53 bits per heavy atom. The molecular weight excluding hydrogens is 384 g/mol. The second kappa shape index (κ2) is 8.95. The average Bonchev–Trinajstić information content (AvgIpc) is 3.00. The van der Waals surface area contributed by atoms with Crippen LogP contribution in [-0.4, -0.2) is 53.3 Å². The van der Waals surface area contributed by atoms with Crippen molar-refractivity contribution in [1.29, 1.82) is 5.26 Å². The molecular formula is C22H24N4O4. The number of nitrogens with one attached hydrogen (secondary N) is 1. The van der Waals surface area contributed by atoms with Crippen LogP contribution in [0.15, 0.2) is 51.7 Å². The highest BCUT2D eigenvalue weighted by molar-refractivity contribution is 5.81. The number of nitriles is 1. The molecule has 2 N–H and O–H groups in total. The Balaban J connectivity index is 1.70. The van der Waals surface area contributed by atoms with Crippen LogP contribution in [0.2, 0.25) is 0 Å². The van der Waals surface area contributed by atoms with Crippen LogP contribution in [-0.2, 0) is 18.3 Å². The quantitative estimate of drug-likeness (QED) is 0.609. The number of aliphatic hydroxyl groups is 1. The van der Waals surface area contributed by atoms with E-state index < -0.39 is 23.8 Å². The Kier molecular flexibility index (Phi) is 6.35. The van der Waals surface area contributed by atoms with Crippen molar-refractivity contribution in [2.24, 2.45) is 7.05 Å². The number of hydrogen-bond donors (Lipinski definition) is 2. The van der Waals surface area contributed by atoms with Gasteiger partial charge in [0.15, 0.2) is 5.58 Å². The van der Waals surface area contributed by atoms with Crippen molar-refractivity contribution in [3.8, 4) is 17.2 Å². The van der Waals surface area contributed by atoms with Crippen LogP contribution in [0.4, 0.5) is 0 Å². The molecule has 0 bridgehead atoms. The lowest BCUT2D eigenvalue weighted by Crippen LogP contribution is -2.45. The van der Waals surface area contributed by atoms with E-state index in [-0.39, 0.29) is 6.54 Å². The average molecular weight is 408 g/mol. The van der Waals surface area contributed by atoms with E-state index >= 15 is 0 Å². The van der Waals surface area contributed by atoms with Gasteiger partial charge in [-0.15, -0.1) is 0 Å². The van der Waals surface area contributed by atoms with Gasteiger partial charge in [-0.2, -0.15) is 5.26 Å². The number of amides is 1. The third kappa shape index (κ3) is 4.76. The maximum Gasteiger partial charge on any atom is 0.419 e. The number of fused-ring (bicyclic) bond motifs is 1. The van der Waals surface area contributed by atoms with E-state index in [1.807, 2.05) is 36.4 Å². The smallest absolute Gasteiger partial charge is 0.408 e. The first-order valence-electron chi connectivity index (χ1n) is 9.50. The Morgan fingerprint density at radius 2 is 1.90 bits per heavy atom. The van der Waals surface area contributed by atoms with Crippen molar-refractivity contribution in [2.45, 2.75) is 18.6 Å². The molecule has 0 aliphatic carbocycles. The van der Waals surface area contributed by atoms with Gasteiger partial charge in [-0.1, -0.05) is 30.3 Å². The molecule has 30 heavy (non-hydrogen) atoms. The van der Waals surface area contributed by atoms with E-state index in [9.17, 15) is 20.0 Å². The van der Waals surface area contributed by atoms with E-state index in [1.165, 1.54) is 4.57 Å². The topological polar surface area (TPSA) is 112 Å². The fraction of sp³-hybridized carbons (Fsp3) is 0.318. The number of aliphatic hydroxyl groups excluding tert-OH is 1. The van der Waals surface area contributed by atoms with Crippen LogP contribution in [0.25, 0.3) is 22.2 Å². The Bertz CT molecular complexity index is 1140. The van der Waals surface area contributed by atoms with Gasteiger partial charge in [-0.25, -0.2) is 4.79 Å². The van der Waals surface area contributed by atoms with Crippen molar-refractivity contribution in [3.05, 3.63) is 58.6 Å². The Labute approximate surface area is 173 Å². The third-order valence-electron chi connectivity index (χ3n) is 4.83. The molecule has 1 heterocycles.